The van der Waals surface area contributed by atoms with Gasteiger partial charge in [0.05, 0.1) is 12.3 Å². The van der Waals surface area contributed by atoms with E-state index in [1.165, 1.54) is 29.3 Å². The first-order chi connectivity index (χ1) is 9.94. The molecular formula is C16H29N3OS. The number of hydrogen-bond acceptors (Lipinski definition) is 5. The standard InChI is InChI=1S/C16H29N3OS/c1-6-12-8-7-9-19(12)15-18-13(11-20-5)14(21-15)10-17-16(2,3)4/h12,17H,6-11H2,1-5H3. The molecule has 4 nitrogen and oxygen atoms in total. The Morgan fingerprint density at radius 3 is 2.81 bits per heavy atom. The van der Waals surface area contributed by atoms with Gasteiger partial charge in [0, 0.05) is 36.7 Å². The van der Waals surface area contributed by atoms with Crippen molar-refractivity contribution in [3.63, 3.8) is 0 Å². The number of aromatic nitrogens is 1. The van der Waals surface area contributed by atoms with E-state index in [9.17, 15) is 0 Å². The van der Waals surface area contributed by atoms with E-state index >= 15 is 0 Å². The Balaban J connectivity index is 2.16. The molecule has 1 atom stereocenters. The zero-order valence-electron chi connectivity index (χ0n) is 14.0. The summed E-state index contributed by atoms with van der Waals surface area (Å²) in [6.45, 7) is 11.5. The van der Waals surface area contributed by atoms with E-state index in [2.05, 4.69) is 37.9 Å². The van der Waals surface area contributed by atoms with Crippen molar-refractivity contribution in [2.45, 2.75) is 71.7 Å². The van der Waals surface area contributed by atoms with E-state index in [1.807, 2.05) is 11.3 Å². The Hall–Kier alpha value is -0.650. The quantitative estimate of drug-likeness (QED) is 0.871. The number of rotatable bonds is 6. The molecule has 1 aliphatic heterocycles. The fraction of sp³-hybridized carbons (Fsp3) is 0.812. The SMILES string of the molecule is CCC1CCCN1c1nc(COC)c(CNC(C)(C)C)s1. The highest BCUT2D eigenvalue weighted by molar-refractivity contribution is 7.15. The summed E-state index contributed by atoms with van der Waals surface area (Å²) < 4.78 is 5.33. The van der Waals surface area contributed by atoms with Gasteiger partial charge in [-0.3, -0.25) is 0 Å². The van der Waals surface area contributed by atoms with Crippen LogP contribution in [0.1, 0.15) is 57.5 Å². The second-order valence-corrected chi connectivity index (χ2v) is 7.86. The average Bonchev–Trinajstić information content (AvgIpc) is 3.01. The molecule has 0 spiro atoms. The van der Waals surface area contributed by atoms with Crippen LogP contribution < -0.4 is 10.2 Å². The van der Waals surface area contributed by atoms with Gasteiger partial charge in [-0.15, -0.1) is 11.3 Å². The molecule has 0 aromatic carbocycles. The van der Waals surface area contributed by atoms with Gasteiger partial charge >= 0.3 is 0 Å². The highest BCUT2D eigenvalue weighted by atomic mass is 32.1. The third kappa shape index (κ3) is 4.41. The molecule has 0 amide bonds. The molecule has 1 aliphatic rings. The van der Waals surface area contributed by atoms with Gasteiger partial charge in [-0.25, -0.2) is 4.98 Å². The van der Waals surface area contributed by atoms with Crippen LogP contribution >= 0.6 is 11.3 Å². The van der Waals surface area contributed by atoms with Crippen LogP contribution in [0.15, 0.2) is 0 Å². The largest absolute Gasteiger partial charge is 0.378 e. The van der Waals surface area contributed by atoms with Crippen molar-refractivity contribution < 1.29 is 4.74 Å². The number of hydrogen-bond donors (Lipinski definition) is 1. The van der Waals surface area contributed by atoms with E-state index in [0.717, 1.165) is 18.8 Å². The molecule has 0 aliphatic carbocycles. The molecule has 1 N–H and O–H groups in total. The predicted molar refractivity (Wildman–Crippen MR) is 90.1 cm³/mol. The van der Waals surface area contributed by atoms with Crippen LogP contribution in [0, 0.1) is 0 Å². The second kappa shape index (κ2) is 7.07. The zero-order chi connectivity index (χ0) is 15.5. The van der Waals surface area contributed by atoms with Crippen molar-refractivity contribution in [3.05, 3.63) is 10.6 Å². The van der Waals surface area contributed by atoms with Gasteiger partial charge in [0.2, 0.25) is 0 Å². The third-order valence-corrected chi connectivity index (χ3v) is 5.06. The van der Waals surface area contributed by atoms with E-state index in [0.29, 0.717) is 12.6 Å². The fourth-order valence-electron chi connectivity index (χ4n) is 2.74. The van der Waals surface area contributed by atoms with Crippen molar-refractivity contribution in [3.8, 4) is 0 Å². The van der Waals surface area contributed by atoms with Crippen molar-refractivity contribution in [1.29, 1.82) is 0 Å². The molecule has 1 unspecified atom stereocenters. The van der Waals surface area contributed by atoms with Crippen molar-refractivity contribution >= 4 is 16.5 Å². The van der Waals surface area contributed by atoms with Crippen LogP contribution in [-0.4, -0.2) is 30.2 Å². The number of nitrogens with one attached hydrogen (secondary N) is 1. The summed E-state index contributed by atoms with van der Waals surface area (Å²) in [5.74, 6) is 0. The summed E-state index contributed by atoms with van der Waals surface area (Å²) in [6, 6.07) is 0.662. The van der Waals surface area contributed by atoms with Gasteiger partial charge in [0.15, 0.2) is 5.13 Å². The number of methoxy groups -OCH3 is 1. The first-order valence-electron chi connectivity index (χ1n) is 7.93. The lowest BCUT2D eigenvalue weighted by Crippen LogP contribution is -2.35. The maximum atomic E-state index is 5.33. The van der Waals surface area contributed by atoms with Crippen LogP contribution in [0.3, 0.4) is 0 Å². The minimum Gasteiger partial charge on any atom is -0.378 e. The minimum atomic E-state index is 0.119. The lowest BCUT2D eigenvalue weighted by molar-refractivity contribution is 0.181. The van der Waals surface area contributed by atoms with E-state index in [-0.39, 0.29) is 5.54 Å². The maximum Gasteiger partial charge on any atom is 0.186 e. The second-order valence-electron chi connectivity index (χ2n) is 6.80. The summed E-state index contributed by atoms with van der Waals surface area (Å²) in [7, 11) is 1.74. The Bertz CT molecular complexity index is 453. The topological polar surface area (TPSA) is 37.4 Å². The Morgan fingerprint density at radius 1 is 1.43 bits per heavy atom. The molecule has 1 aromatic heterocycles. The first kappa shape index (κ1) is 16.7. The maximum absolute atomic E-state index is 5.33. The Morgan fingerprint density at radius 2 is 2.19 bits per heavy atom. The molecule has 0 radical (unpaired) electrons. The molecule has 2 rings (SSSR count). The zero-order valence-corrected chi connectivity index (χ0v) is 14.8. The molecule has 0 saturated carbocycles. The van der Waals surface area contributed by atoms with Crippen LogP contribution in [0.25, 0.3) is 0 Å². The Kier molecular flexibility index (Phi) is 5.63. The van der Waals surface area contributed by atoms with E-state index in [4.69, 9.17) is 9.72 Å². The highest BCUT2D eigenvalue weighted by Gasteiger charge is 2.26. The van der Waals surface area contributed by atoms with Gasteiger partial charge < -0.3 is 15.0 Å². The third-order valence-electron chi connectivity index (χ3n) is 3.92. The molecule has 0 bridgehead atoms. The molecule has 5 heteroatoms. The van der Waals surface area contributed by atoms with Gasteiger partial charge in [0.1, 0.15) is 0 Å². The van der Waals surface area contributed by atoms with Gasteiger partial charge in [-0.1, -0.05) is 6.92 Å². The van der Waals surface area contributed by atoms with Crippen molar-refractivity contribution in [2.24, 2.45) is 0 Å². The van der Waals surface area contributed by atoms with E-state index < -0.39 is 0 Å². The normalized spacial score (nSPS) is 19.5. The molecule has 1 fully saturated rings. The van der Waals surface area contributed by atoms with E-state index in [1.54, 1.807) is 7.11 Å². The monoisotopic (exact) mass is 311 g/mol. The first-order valence-corrected chi connectivity index (χ1v) is 8.75. The van der Waals surface area contributed by atoms with Gasteiger partial charge in [0.25, 0.3) is 0 Å². The number of ether oxygens (including phenoxy) is 1. The van der Waals surface area contributed by atoms with Crippen LogP contribution in [-0.2, 0) is 17.9 Å². The summed E-state index contributed by atoms with van der Waals surface area (Å²) >= 11 is 1.83. The average molecular weight is 311 g/mol. The van der Waals surface area contributed by atoms with Crippen LogP contribution in [0.2, 0.25) is 0 Å². The predicted octanol–water partition coefficient (Wildman–Crippen LogP) is 3.56. The molecular weight excluding hydrogens is 282 g/mol. The smallest absolute Gasteiger partial charge is 0.186 e. The summed E-state index contributed by atoms with van der Waals surface area (Å²) in [5.41, 5.74) is 1.21. The van der Waals surface area contributed by atoms with Gasteiger partial charge in [-0.2, -0.15) is 0 Å². The number of anilines is 1. The summed E-state index contributed by atoms with van der Waals surface area (Å²) in [5, 5.41) is 4.74. The summed E-state index contributed by atoms with van der Waals surface area (Å²) in [6.07, 6.45) is 3.79. The minimum absolute atomic E-state index is 0.119. The molecule has 1 saturated heterocycles. The highest BCUT2D eigenvalue weighted by Crippen LogP contribution is 2.33. The fourth-order valence-corrected chi connectivity index (χ4v) is 3.84. The lowest BCUT2D eigenvalue weighted by Gasteiger charge is -2.22. The Labute approximate surface area is 132 Å². The van der Waals surface area contributed by atoms with Crippen LogP contribution in [0.4, 0.5) is 5.13 Å². The summed E-state index contributed by atoms with van der Waals surface area (Å²) in [4.78, 5) is 8.66. The molecule has 2 heterocycles. The molecule has 1 aromatic rings. The van der Waals surface area contributed by atoms with Crippen LogP contribution in [0.5, 0.6) is 0 Å². The molecule has 120 valence electrons. The lowest BCUT2D eigenvalue weighted by atomic mass is 10.1. The molecule has 21 heavy (non-hydrogen) atoms. The number of thiazole rings is 1. The van der Waals surface area contributed by atoms with Crippen molar-refractivity contribution in [2.75, 3.05) is 18.6 Å². The van der Waals surface area contributed by atoms with Crippen molar-refractivity contribution in [1.82, 2.24) is 10.3 Å². The van der Waals surface area contributed by atoms with Gasteiger partial charge in [-0.05, 0) is 40.0 Å². The number of nitrogens with zero attached hydrogens (tertiary/aromatic N) is 2.